The molecule has 3 aliphatic rings. The van der Waals surface area contributed by atoms with Gasteiger partial charge in [0.2, 0.25) is 0 Å². The van der Waals surface area contributed by atoms with E-state index in [4.69, 9.17) is 0 Å². The summed E-state index contributed by atoms with van der Waals surface area (Å²) in [4.78, 5) is 0. The number of nitrogens with zero attached hydrogens (tertiary/aromatic N) is 2. The van der Waals surface area contributed by atoms with Gasteiger partial charge in [-0.3, -0.25) is 0 Å². The first-order valence-corrected chi connectivity index (χ1v) is 7.81. The molecule has 3 atom stereocenters. The zero-order chi connectivity index (χ0) is 12.6. The number of rotatable bonds is 1. The monoisotopic (exact) mass is 251 g/mol. The fourth-order valence-corrected chi connectivity index (χ4v) is 4.91. The van der Waals surface area contributed by atoms with Gasteiger partial charge in [-0.15, -0.1) is 0 Å². The van der Waals surface area contributed by atoms with Crippen LogP contribution in [0.2, 0.25) is 0 Å². The lowest BCUT2D eigenvalue weighted by atomic mass is 9.67. The second-order valence-electron chi connectivity index (χ2n) is 6.89. The van der Waals surface area contributed by atoms with E-state index in [0.29, 0.717) is 11.8 Å². The highest BCUT2D eigenvalue weighted by atomic mass is 16.4. The fourth-order valence-electron chi connectivity index (χ4n) is 4.91. The van der Waals surface area contributed by atoms with E-state index >= 15 is 0 Å². The smallest absolute Gasteiger partial charge is 0.0971 e. The first kappa shape index (κ1) is 12.5. The molecule has 2 saturated carbocycles. The molecule has 102 valence electrons. The number of quaternary nitrogens is 1. The van der Waals surface area contributed by atoms with Gasteiger partial charge in [0, 0.05) is 12.3 Å². The number of fused-ring (bicyclic) bond motifs is 2. The predicted octanol–water partition coefficient (Wildman–Crippen LogP) is 3.03. The summed E-state index contributed by atoms with van der Waals surface area (Å²) < 4.78 is 1.25. The quantitative estimate of drug-likeness (QED) is 0.434. The average Bonchev–Trinajstić information content (AvgIpc) is 2.38. The number of oxime groups is 1. The predicted molar refractivity (Wildman–Crippen MR) is 72.8 cm³/mol. The summed E-state index contributed by atoms with van der Waals surface area (Å²) >= 11 is 0. The molecule has 3 rings (SSSR count). The van der Waals surface area contributed by atoms with Crippen molar-refractivity contribution in [3.8, 4) is 0 Å². The Morgan fingerprint density at radius 3 is 2.50 bits per heavy atom. The molecule has 1 aliphatic heterocycles. The van der Waals surface area contributed by atoms with E-state index in [2.05, 4.69) is 12.2 Å². The minimum atomic E-state index is 0.575. The van der Waals surface area contributed by atoms with Crippen LogP contribution >= 0.6 is 0 Å². The lowest BCUT2D eigenvalue weighted by molar-refractivity contribution is -0.941. The van der Waals surface area contributed by atoms with Crippen LogP contribution in [-0.2, 0) is 0 Å². The Kier molecular flexibility index (Phi) is 3.35. The van der Waals surface area contributed by atoms with Crippen molar-refractivity contribution in [2.75, 3.05) is 20.1 Å². The Balaban J connectivity index is 1.83. The molecule has 18 heavy (non-hydrogen) atoms. The van der Waals surface area contributed by atoms with Gasteiger partial charge >= 0.3 is 0 Å². The van der Waals surface area contributed by atoms with Crippen molar-refractivity contribution < 1.29 is 9.69 Å². The van der Waals surface area contributed by atoms with Crippen LogP contribution in [0, 0.1) is 11.8 Å². The minimum Gasteiger partial charge on any atom is -0.411 e. The van der Waals surface area contributed by atoms with Crippen LogP contribution in [0.15, 0.2) is 5.16 Å². The van der Waals surface area contributed by atoms with E-state index in [0.717, 1.165) is 11.8 Å². The van der Waals surface area contributed by atoms with Crippen LogP contribution in [0.3, 0.4) is 0 Å². The highest BCUT2D eigenvalue weighted by Crippen LogP contribution is 2.42. The molecule has 3 nitrogen and oxygen atoms in total. The summed E-state index contributed by atoms with van der Waals surface area (Å²) in [6.45, 7) is 2.68. The molecule has 3 fully saturated rings. The van der Waals surface area contributed by atoms with Crippen molar-refractivity contribution in [3.05, 3.63) is 0 Å². The van der Waals surface area contributed by atoms with E-state index in [-0.39, 0.29) is 0 Å². The second kappa shape index (κ2) is 4.84. The van der Waals surface area contributed by atoms with Crippen molar-refractivity contribution in [1.29, 1.82) is 0 Å². The standard InChI is InChI=1S/C15H26N2O/c1-17(10-3-2-4-11-17)14-9-8-12-6-5-7-13(14)15(12)16-18/h12-14H,2-11H2,1H3/p+1/t12-,13+,14+/m1/s1. The van der Waals surface area contributed by atoms with Crippen LogP contribution in [0.4, 0.5) is 0 Å². The van der Waals surface area contributed by atoms with E-state index < -0.39 is 0 Å². The third-order valence-corrected chi connectivity index (χ3v) is 5.90. The Morgan fingerprint density at radius 1 is 1.00 bits per heavy atom. The first-order chi connectivity index (χ1) is 8.74. The molecule has 1 saturated heterocycles. The van der Waals surface area contributed by atoms with E-state index in [9.17, 15) is 5.21 Å². The van der Waals surface area contributed by atoms with Gasteiger partial charge in [0.25, 0.3) is 0 Å². The van der Waals surface area contributed by atoms with Gasteiger partial charge < -0.3 is 9.69 Å². The van der Waals surface area contributed by atoms with Gasteiger partial charge in [-0.2, -0.15) is 0 Å². The summed E-state index contributed by atoms with van der Waals surface area (Å²) in [5, 5.41) is 13.1. The van der Waals surface area contributed by atoms with Crippen LogP contribution in [-0.4, -0.2) is 41.6 Å². The molecule has 1 heterocycles. The van der Waals surface area contributed by atoms with Crippen LogP contribution < -0.4 is 0 Å². The molecule has 0 aromatic heterocycles. The third-order valence-electron chi connectivity index (χ3n) is 5.90. The Morgan fingerprint density at radius 2 is 1.78 bits per heavy atom. The molecule has 1 N–H and O–H groups in total. The van der Waals surface area contributed by atoms with Gasteiger partial charge in [0.15, 0.2) is 0 Å². The Labute approximate surface area is 110 Å². The van der Waals surface area contributed by atoms with Crippen molar-refractivity contribution in [3.63, 3.8) is 0 Å². The Bertz CT molecular complexity index is 333. The van der Waals surface area contributed by atoms with Crippen LogP contribution in [0.25, 0.3) is 0 Å². The van der Waals surface area contributed by atoms with Crippen molar-refractivity contribution >= 4 is 5.71 Å². The number of hydrogen-bond acceptors (Lipinski definition) is 2. The normalized spacial score (nSPS) is 41.8. The fraction of sp³-hybridized carbons (Fsp3) is 0.933. The molecule has 2 aliphatic carbocycles. The van der Waals surface area contributed by atoms with Crippen LogP contribution in [0.5, 0.6) is 0 Å². The highest BCUT2D eigenvalue weighted by molar-refractivity contribution is 5.90. The number of hydrogen-bond donors (Lipinski definition) is 1. The highest BCUT2D eigenvalue weighted by Gasteiger charge is 2.48. The van der Waals surface area contributed by atoms with Gasteiger partial charge in [0.1, 0.15) is 0 Å². The Hall–Kier alpha value is -0.570. The van der Waals surface area contributed by atoms with Crippen LogP contribution in [0.1, 0.15) is 51.4 Å². The first-order valence-electron chi connectivity index (χ1n) is 7.81. The maximum absolute atomic E-state index is 9.38. The largest absolute Gasteiger partial charge is 0.411 e. The maximum Gasteiger partial charge on any atom is 0.0971 e. The summed E-state index contributed by atoms with van der Waals surface area (Å²) in [5.74, 6) is 1.17. The molecular weight excluding hydrogens is 224 g/mol. The zero-order valence-corrected chi connectivity index (χ0v) is 11.6. The van der Waals surface area contributed by atoms with Crippen molar-refractivity contribution in [1.82, 2.24) is 0 Å². The second-order valence-corrected chi connectivity index (χ2v) is 6.89. The average molecular weight is 251 g/mol. The zero-order valence-electron chi connectivity index (χ0n) is 11.6. The van der Waals surface area contributed by atoms with Crippen molar-refractivity contribution in [2.24, 2.45) is 17.0 Å². The molecule has 0 amide bonds. The van der Waals surface area contributed by atoms with Gasteiger partial charge in [0.05, 0.1) is 37.8 Å². The molecule has 0 radical (unpaired) electrons. The lowest BCUT2D eigenvalue weighted by Crippen LogP contribution is -2.61. The summed E-state index contributed by atoms with van der Waals surface area (Å²) in [6, 6.07) is 0.729. The lowest BCUT2D eigenvalue weighted by Gasteiger charge is -2.51. The topological polar surface area (TPSA) is 32.6 Å². The molecule has 3 heteroatoms. The number of piperidine rings is 1. The number of likely N-dealkylation sites (tertiary alicyclic amines) is 1. The third kappa shape index (κ3) is 1.97. The van der Waals surface area contributed by atoms with E-state index in [1.807, 2.05) is 0 Å². The molecule has 0 aromatic carbocycles. The molecule has 0 unspecified atom stereocenters. The van der Waals surface area contributed by atoms with E-state index in [1.54, 1.807) is 0 Å². The maximum atomic E-state index is 9.38. The molecule has 0 spiro atoms. The summed E-state index contributed by atoms with van der Waals surface area (Å²) in [6.07, 6.45) is 10.6. The van der Waals surface area contributed by atoms with E-state index in [1.165, 1.54) is 68.9 Å². The van der Waals surface area contributed by atoms with Gasteiger partial charge in [-0.1, -0.05) is 11.6 Å². The summed E-state index contributed by atoms with van der Waals surface area (Å²) in [7, 11) is 2.45. The van der Waals surface area contributed by atoms with Gasteiger partial charge in [-0.05, 0) is 38.5 Å². The molecule has 2 bridgehead atoms. The molecule has 0 aromatic rings. The van der Waals surface area contributed by atoms with Gasteiger partial charge in [-0.25, -0.2) is 0 Å². The SMILES string of the molecule is C[N+]1([C@H]2CC[C@H]3CCC[C@@H]2C3=NO)CCCCC1. The minimum absolute atomic E-state index is 0.575. The molecular formula is C15H27N2O+. The summed E-state index contributed by atoms with van der Waals surface area (Å²) in [5.41, 5.74) is 1.16. The van der Waals surface area contributed by atoms with Crippen molar-refractivity contribution in [2.45, 2.75) is 57.4 Å².